The summed E-state index contributed by atoms with van der Waals surface area (Å²) in [4.78, 5) is 14.3. The lowest BCUT2D eigenvalue weighted by Crippen LogP contribution is -2.45. The van der Waals surface area contributed by atoms with Crippen LogP contribution < -0.4 is 10.6 Å². The zero-order valence-corrected chi connectivity index (χ0v) is 12.2. The molecule has 2 fully saturated rings. The van der Waals surface area contributed by atoms with Crippen LogP contribution in [0.3, 0.4) is 0 Å². The molecular formula is C14H27N3O2. The Balaban J connectivity index is 1.67. The van der Waals surface area contributed by atoms with Gasteiger partial charge in [-0.1, -0.05) is 6.92 Å². The first-order chi connectivity index (χ1) is 9.07. The molecule has 2 aliphatic rings. The van der Waals surface area contributed by atoms with Gasteiger partial charge in [0.1, 0.15) is 0 Å². The summed E-state index contributed by atoms with van der Waals surface area (Å²) in [5.74, 6) is 0.119. The number of hydrogen-bond acceptors (Lipinski definition) is 4. The number of likely N-dealkylation sites (tertiary alicyclic amines) is 1. The first-order valence-electron chi connectivity index (χ1n) is 7.35. The van der Waals surface area contributed by atoms with Crippen LogP contribution in [0.4, 0.5) is 0 Å². The average Bonchev–Trinajstić information content (AvgIpc) is 2.42. The molecule has 5 nitrogen and oxygen atoms in total. The number of rotatable bonds is 4. The summed E-state index contributed by atoms with van der Waals surface area (Å²) in [5.41, 5.74) is 0.258. The summed E-state index contributed by atoms with van der Waals surface area (Å²) in [6, 6.07) is 0. The van der Waals surface area contributed by atoms with Crippen molar-refractivity contribution in [2.24, 2.45) is 5.41 Å². The second-order valence-corrected chi connectivity index (χ2v) is 6.29. The zero-order chi connectivity index (χ0) is 13.7. The first kappa shape index (κ1) is 14.8. The fourth-order valence-corrected chi connectivity index (χ4v) is 2.68. The van der Waals surface area contributed by atoms with Crippen molar-refractivity contribution in [3.8, 4) is 0 Å². The van der Waals surface area contributed by atoms with E-state index in [2.05, 4.69) is 29.5 Å². The smallest absolute Gasteiger partial charge is 0.222 e. The maximum absolute atomic E-state index is 11.9. The first-order valence-corrected chi connectivity index (χ1v) is 7.35. The third-order valence-corrected chi connectivity index (χ3v) is 4.32. The van der Waals surface area contributed by atoms with E-state index in [1.54, 1.807) is 0 Å². The highest BCUT2D eigenvalue weighted by atomic mass is 16.5. The van der Waals surface area contributed by atoms with Gasteiger partial charge in [-0.2, -0.15) is 0 Å². The number of ether oxygens (including phenoxy) is 1. The van der Waals surface area contributed by atoms with E-state index in [0.717, 1.165) is 45.6 Å². The van der Waals surface area contributed by atoms with Gasteiger partial charge in [0.2, 0.25) is 5.91 Å². The minimum atomic E-state index is 0.0408. The quantitative estimate of drug-likeness (QED) is 0.766. The van der Waals surface area contributed by atoms with Crippen molar-refractivity contribution in [3.63, 3.8) is 0 Å². The predicted molar refractivity (Wildman–Crippen MR) is 75.1 cm³/mol. The summed E-state index contributed by atoms with van der Waals surface area (Å²) in [6.07, 6.45) is 2.83. The van der Waals surface area contributed by atoms with Crippen molar-refractivity contribution in [2.75, 3.05) is 46.4 Å². The number of carbonyl (C=O) groups excluding carboxylic acids is 1. The topological polar surface area (TPSA) is 53.6 Å². The van der Waals surface area contributed by atoms with Crippen molar-refractivity contribution in [2.45, 2.75) is 32.3 Å². The average molecular weight is 269 g/mol. The molecule has 0 aromatic rings. The van der Waals surface area contributed by atoms with Crippen LogP contribution in [0.5, 0.6) is 0 Å². The van der Waals surface area contributed by atoms with Crippen molar-refractivity contribution in [1.82, 2.24) is 15.5 Å². The number of nitrogens with zero attached hydrogens (tertiary/aromatic N) is 1. The monoisotopic (exact) mass is 269 g/mol. The fraction of sp³-hybridized carbons (Fsp3) is 0.929. The summed E-state index contributed by atoms with van der Waals surface area (Å²) in [5, 5.41) is 6.34. The van der Waals surface area contributed by atoms with E-state index >= 15 is 0 Å². The molecule has 2 N–H and O–H groups in total. The van der Waals surface area contributed by atoms with E-state index < -0.39 is 0 Å². The maximum atomic E-state index is 11.9. The molecule has 2 heterocycles. The number of morpholine rings is 1. The Bertz CT molecular complexity index is 295. The predicted octanol–water partition coefficient (Wildman–Crippen LogP) is 0.213. The third kappa shape index (κ3) is 4.75. The molecule has 0 aromatic heterocycles. The molecule has 5 heteroatoms. The Morgan fingerprint density at radius 1 is 1.47 bits per heavy atom. The van der Waals surface area contributed by atoms with Gasteiger partial charge in [0.15, 0.2) is 0 Å². The molecule has 0 saturated carbocycles. The largest absolute Gasteiger partial charge is 0.375 e. The second kappa shape index (κ2) is 6.68. The van der Waals surface area contributed by atoms with E-state index in [-0.39, 0.29) is 17.4 Å². The molecule has 1 unspecified atom stereocenters. The molecule has 0 aromatic carbocycles. The van der Waals surface area contributed by atoms with E-state index in [0.29, 0.717) is 13.0 Å². The lowest BCUT2D eigenvalue weighted by molar-refractivity contribution is -0.125. The second-order valence-electron chi connectivity index (χ2n) is 6.29. The Labute approximate surface area is 116 Å². The SMILES string of the molecule is CN1CCC(C)(CNC(=O)CC2CNCCO2)CC1. The summed E-state index contributed by atoms with van der Waals surface area (Å²) in [6.45, 7) is 7.71. The van der Waals surface area contributed by atoms with Crippen molar-refractivity contribution in [3.05, 3.63) is 0 Å². The van der Waals surface area contributed by atoms with Crippen LogP contribution >= 0.6 is 0 Å². The van der Waals surface area contributed by atoms with Crippen LogP contribution in [0, 0.1) is 5.41 Å². The molecule has 1 amide bonds. The number of carbonyl (C=O) groups is 1. The van der Waals surface area contributed by atoms with Gasteiger partial charge in [0, 0.05) is 19.6 Å². The highest BCUT2D eigenvalue weighted by Crippen LogP contribution is 2.29. The Morgan fingerprint density at radius 2 is 2.21 bits per heavy atom. The molecule has 19 heavy (non-hydrogen) atoms. The highest BCUT2D eigenvalue weighted by Gasteiger charge is 2.29. The van der Waals surface area contributed by atoms with E-state index in [9.17, 15) is 4.79 Å². The number of nitrogens with one attached hydrogen (secondary N) is 2. The molecule has 110 valence electrons. The Morgan fingerprint density at radius 3 is 2.84 bits per heavy atom. The van der Waals surface area contributed by atoms with E-state index in [4.69, 9.17) is 4.74 Å². The molecule has 0 aliphatic carbocycles. The van der Waals surface area contributed by atoms with Gasteiger partial charge in [0.25, 0.3) is 0 Å². The van der Waals surface area contributed by atoms with Crippen LogP contribution in [0.25, 0.3) is 0 Å². The molecule has 0 bridgehead atoms. The summed E-state index contributed by atoms with van der Waals surface area (Å²) >= 11 is 0. The number of piperidine rings is 1. The van der Waals surface area contributed by atoms with Gasteiger partial charge in [0.05, 0.1) is 19.1 Å². The normalized spacial score (nSPS) is 28.0. The van der Waals surface area contributed by atoms with Crippen molar-refractivity contribution < 1.29 is 9.53 Å². The molecule has 2 rings (SSSR count). The zero-order valence-electron chi connectivity index (χ0n) is 12.2. The van der Waals surface area contributed by atoms with Crippen LogP contribution in [-0.4, -0.2) is 63.3 Å². The molecule has 0 spiro atoms. The van der Waals surface area contributed by atoms with Crippen molar-refractivity contribution in [1.29, 1.82) is 0 Å². The highest BCUT2D eigenvalue weighted by molar-refractivity contribution is 5.76. The van der Waals surface area contributed by atoms with Gasteiger partial charge in [-0.05, 0) is 38.4 Å². The van der Waals surface area contributed by atoms with E-state index in [1.807, 2.05) is 0 Å². The fourth-order valence-electron chi connectivity index (χ4n) is 2.68. The molecule has 1 atom stereocenters. The van der Waals surface area contributed by atoms with Gasteiger partial charge < -0.3 is 20.3 Å². The molecular weight excluding hydrogens is 242 g/mol. The lowest BCUT2D eigenvalue weighted by atomic mass is 9.80. The van der Waals surface area contributed by atoms with Crippen molar-refractivity contribution >= 4 is 5.91 Å². The van der Waals surface area contributed by atoms with Gasteiger partial charge >= 0.3 is 0 Å². The maximum Gasteiger partial charge on any atom is 0.222 e. The molecule has 2 aliphatic heterocycles. The van der Waals surface area contributed by atoms with Crippen LogP contribution in [0.1, 0.15) is 26.2 Å². The lowest BCUT2D eigenvalue weighted by Gasteiger charge is -2.38. The molecule has 2 saturated heterocycles. The minimum Gasteiger partial charge on any atom is -0.375 e. The number of hydrogen-bond donors (Lipinski definition) is 2. The third-order valence-electron chi connectivity index (χ3n) is 4.32. The molecule has 0 radical (unpaired) electrons. The van der Waals surface area contributed by atoms with Gasteiger partial charge in [-0.3, -0.25) is 4.79 Å². The Hall–Kier alpha value is -0.650. The van der Waals surface area contributed by atoms with E-state index in [1.165, 1.54) is 0 Å². The van der Waals surface area contributed by atoms with Crippen LogP contribution in [0.15, 0.2) is 0 Å². The van der Waals surface area contributed by atoms with Gasteiger partial charge in [-0.25, -0.2) is 0 Å². The number of amides is 1. The minimum absolute atomic E-state index is 0.0408. The van der Waals surface area contributed by atoms with Gasteiger partial charge in [-0.15, -0.1) is 0 Å². The standard InChI is InChI=1S/C14H27N3O2/c1-14(3-6-17(2)7-4-14)11-16-13(18)9-12-10-15-5-8-19-12/h12,15H,3-11H2,1-2H3,(H,16,18). The summed E-state index contributed by atoms with van der Waals surface area (Å²) < 4.78 is 5.55. The Kier molecular flexibility index (Phi) is 5.19. The van der Waals surface area contributed by atoms with Crippen LogP contribution in [-0.2, 0) is 9.53 Å². The summed E-state index contributed by atoms with van der Waals surface area (Å²) in [7, 11) is 2.16. The van der Waals surface area contributed by atoms with Crippen LogP contribution in [0.2, 0.25) is 0 Å².